The molecule has 0 unspecified atom stereocenters. The van der Waals surface area contributed by atoms with Crippen LogP contribution in [0.15, 0.2) is 23.6 Å². The van der Waals surface area contributed by atoms with E-state index in [1.165, 1.54) is 11.3 Å². The van der Waals surface area contributed by atoms with E-state index in [2.05, 4.69) is 29.6 Å². The van der Waals surface area contributed by atoms with Crippen LogP contribution in [0.1, 0.15) is 41.4 Å². The van der Waals surface area contributed by atoms with E-state index in [9.17, 15) is 4.79 Å². The second kappa shape index (κ2) is 6.02. The van der Waals surface area contributed by atoms with Crippen LogP contribution in [0.2, 0.25) is 0 Å². The van der Waals surface area contributed by atoms with Crippen LogP contribution in [0.5, 0.6) is 0 Å². The van der Waals surface area contributed by atoms with E-state index in [0.717, 1.165) is 11.3 Å². The number of benzene rings is 1. The van der Waals surface area contributed by atoms with Crippen molar-refractivity contribution in [3.05, 3.63) is 40.4 Å². The summed E-state index contributed by atoms with van der Waals surface area (Å²) < 4.78 is 0. The molecule has 6 heteroatoms. The van der Waals surface area contributed by atoms with Gasteiger partial charge in [-0.1, -0.05) is 25.5 Å². The Morgan fingerprint density at radius 1 is 1.40 bits per heavy atom. The van der Waals surface area contributed by atoms with Gasteiger partial charge in [0.25, 0.3) is 5.91 Å². The fourth-order valence-corrected chi connectivity index (χ4v) is 2.61. The SMILES string of the molecule is Cc1ccc(NN)c(C(=O)Nc2nc(C(C)C)cs2)c1. The van der Waals surface area contributed by atoms with Gasteiger partial charge in [-0.3, -0.25) is 16.0 Å². The molecule has 1 heterocycles. The monoisotopic (exact) mass is 290 g/mol. The lowest BCUT2D eigenvalue weighted by Gasteiger charge is -2.09. The van der Waals surface area contributed by atoms with E-state index in [-0.39, 0.29) is 5.91 Å². The van der Waals surface area contributed by atoms with E-state index in [1.807, 2.05) is 18.4 Å². The first-order valence-electron chi connectivity index (χ1n) is 6.35. The summed E-state index contributed by atoms with van der Waals surface area (Å²) in [5.41, 5.74) is 5.61. The maximum atomic E-state index is 12.3. The van der Waals surface area contributed by atoms with Gasteiger partial charge < -0.3 is 5.43 Å². The zero-order valence-electron chi connectivity index (χ0n) is 11.7. The number of aromatic nitrogens is 1. The van der Waals surface area contributed by atoms with E-state index in [1.54, 1.807) is 12.1 Å². The van der Waals surface area contributed by atoms with Crippen molar-refractivity contribution in [3.63, 3.8) is 0 Å². The summed E-state index contributed by atoms with van der Waals surface area (Å²) in [6, 6.07) is 5.47. The lowest BCUT2D eigenvalue weighted by atomic mass is 10.1. The fourth-order valence-electron chi connectivity index (χ4n) is 1.75. The number of nitrogens with two attached hydrogens (primary N) is 1. The Morgan fingerprint density at radius 2 is 2.15 bits per heavy atom. The summed E-state index contributed by atoms with van der Waals surface area (Å²) in [7, 11) is 0. The minimum absolute atomic E-state index is 0.216. The standard InChI is InChI=1S/C14H18N4OS/c1-8(2)12-7-20-14(16-12)17-13(19)10-6-9(3)4-5-11(10)18-15/h4-8,18H,15H2,1-3H3,(H,16,17,19). The lowest BCUT2D eigenvalue weighted by Crippen LogP contribution is -2.17. The highest BCUT2D eigenvalue weighted by Crippen LogP contribution is 2.23. The molecule has 2 rings (SSSR count). The number of aryl methyl sites for hydroxylation is 1. The first-order chi connectivity index (χ1) is 9.51. The van der Waals surface area contributed by atoms with Crippen LogP contribution in [-0.2, 0) is 0 Å². The lowest BCUT2D eigenvalue weighted by molar-refractivity contribution is 0.102. The van der Waals surface area contributed by atoms with E-state index < -0.39 is 0 Å². The smallest absolute Gasteiger partial charge is 0.259 e. The van der Waals surface area contributed by atoms with Crippen molar-refractivity contribution < 1.29 is 4.79 Å². The third kappa shape index (κ3) is 3.15. The van der Waals surface area contributed by atoms with Crippen molar-refractivity contribution in [2.24, 2.45) is 5.84 Å². The number of amides is 1. The maximum absolute atomic E-state index is 12.3. The predicted molar refractivity (Wildman–Crippen MR) is 83.1 cm³/mol. The van der Waals surface area contributed by atoms with Crippen LogP contribution in [-0.4, -0.2) is 10.9 Å². The van der Waals surface area contributed by atoms with Crippen LogP contribution < -0.4 is 16.6 Å². The highest BCUT2D eigenvalue weighted by Gasteiger charge is 2.14. The molecule has 0 atom stereocenters. The van der Waals surface area contributed by atoms with E-state index in [0.29, 0.717) is 22.3 Å². The summed E-state index contributed by atoms with van der Waals surface area (Å²) in [6.45, 7) is 6.06. The number of nitrogens with zero attached hydrogens (tertiary/aromatic N) is 1. The summed E-state index contributed by atoms with van der Waals surface area (Å²) in [5, 5.41) is 5.37. The summed E-state index contributed by atoms with van der Waals surface area (Å²) in [6.07, 6.45) is 0. The summed E-state index contributed by atoms with van der Waals surface area (Å²) in [5.74, 6) is 5.56. The molecule has 0 aliphatic heterocycles. The van der Waals surface area contributed by atoms with Gasteiger partial charge in [-0.2, -0.15) is 0 Å². The van der Waals surface area contributed by atoms with Gasteiger partial charge in [0.1, 0.15) is 0 Å². The number of carbonyl (C=O) groups is 1. The zero-order valence-corrected chi connectivity index (χ0v) is 12.5. The van der Waals surface area contributed by atoms with Crippen molar-refractivity contribution in [1.82, 2.24) is 4.98 Å². The molecule has 0 radical (unpaired) electrons. The van der Waals surface area contributed by atoms with Gasteiger partial charge in [0, 0.05) is 5.38 Å². The molecular formula is C14H18N4OS. The Kier molecular flexibility index (Phi) is 4.36. The maximum Gasteiger partial charge on any atom is 0.259 e. The van der Waals surface area contributed by atoms with Crippen LogP contribution in [0, 0.1) is 6.92 Å². The zero-order chi connectivity index (χ0) is 14.7. The molecule has 20 heavy (non-hydrogen) atoms. The Morgan fingerprint density at radius 3 is 2.75 bits per heavy atom. The summed E-state index contributed by atoms with van der Waals surface area (Å²) >= 11 is 1.42. The van der Waals surface area contributed by atoms with Crippen molar-refractivity contribution in [2.75, 3.05) is 10.7 Å². The number of thiazole rings is 1. The van der Waals surface area contributed by atoms with Gasteiger partial charge in [-0.05, 0) is 25.0 Å². The number of hydrogen-bond donors (Lipinski definition) is 3. The third-order valence-electron chi connectivity index (χ3n) is 2.91. The first-order valence-corrected chi connectivity index (χ1v) is 7.23. The Hall–Kier alpha value is -1.92. The van der Waals surface area contributed by atoms with E-state index >= 15 is 0 Å². The molecule has 4 N–H and O–H groups in total. The van der Waals surface area contributed by atoms with Crippen LogP contribution >= 0.6 is 11.3 Å². The number of hydrogen-bond acceptors (Lipinski definition) is 5. The molecule has 2 aromatic rings. The Balaban J connectivity index is 2.21. The quantitative estimate of drug-likeness (QED) is 0.597. The second-order valence-corrected chi connectivity index (χ2v) is 5.74. The van der Waals surface area contributed by atoms with Gasteiger partial charge in [-0.15, -0.1) is 11.3 Å². The molecular weight excluding hydrogens is 272 g/mol. The molecule has 1 amide bonds. The molecule has 0 saturated carbocycles. The van der Waals surface area contributed by atoms with Crippen LogP contribution in [0.25, 0.3) is 0 Å². The second-order valence-electron chi connectivity index (χ2n) is 4.88. The fraction of sp³-hybridized carbons (Fsp3) is 0.286. The highest BCUT2D eigenvalue weighted by atomic mass is 32.1. The molecule has 0 aliphatic rings. The van der Waals surface area contributed by atoms with Crippen molar-refractivity contribution >= 4 is 28.1 Å². The Bertz CT molecular complexity index is 621. The summed E-state index contributed by atoms with van der Waals surface area (Å²) in [4.78, 5) is 16.7. The molecule has 1 aromatic heterocycles. The van der Waals surface area contributed by atoms with Gasteiger partial charge in [0.2, 0.25) is 0 Å². The number of rotatable bonds is 4. The third-order valence-corrected chi connectivity index (χ3v) is 3.69. The van der Waals surface area contributed by atoms with E-state index in [4.69, 9.17) is 5.84 Å². The number of hydrazine groups is 1. The largest absolute Gasteiger partial charge is 0.323 e. The van der Waals surface area contributed by atoms with Crippen LogP contribution in [0.4, 0.5) is 10.8 Å². The normalized spacial score (nSPS) is 10.7. The highest BCUT2D eigenvalue weighted by molar-refractivity contribution is 7.14. The van der Waals surface area contributed by atoms with Crippen LogP contribution in [0.3, 0.4) is 0 Å². The Labute approximate surface area is 122 Å². The topological polar surface area (TPSA) is 80.0 Å². The van der Waals surface area contributed by atoms with Crippen molar-refractivity contribution in [3.8, 4) is 0 Å². The number of nitrogen functional groups attached to an aromatic ring is 1. The molecule has 0 aliphatic carbocycles. The minimum Gasteiger partial charge on any atom is -0.323 e. The predicted octanol–water partition coefficient (Wildman–Crippen LogP) is 3.11. The number of nitrogens with one attached hydrogen (secondary N) is 2. The van der Waals surface area contributed by atoms with Gasteiger partial charge in [-0.25, -0.2) is 4.98 Å². The molecule has 0 fully saturated rings. The molecule has 0 saturated heterocycles. The minimum atomic E-state index is -0.216. The average molecular weight is 290 g/mol. The molecule has 106 valence electrons. The first kappa shape index (κ1) is 14.5. The molecule has 0 bridgehead atoms. The van der Waals surface area contributed by atoms with Crippen molar-refractivity contribution in [1.29, 1.82) is 0 Å². The molecule has 1 aromatic carbocycles. The van der Waals surface area contributed by atoms with Crippen molar-refractivity contribution in [2.45, 2.75) is 26.7 Å². The average Bonchev–Trinajstić information content (AvgIpc) is 2.87. The number of anilines is 2. The molecule has 0 spiro atoms. The molecule has 5 nitrogen and oxygen atoms in total. The van der Waals surface area contributed by atoms with Gasteiger partial charge >= 0.3 is 0 Å². The van der Waals surface area contributed by atoms with Gasteiger partial charge in [0.05, 0.1) is 16.9 Å². The van der Waals surface area contributed by atoms with Gasteiger partial charge in [0.15, 0.2) is 5.13 Å². The number of carbonyl (C=O) groups excluding carboxylic acids is 1.